The smallest absolute Gasteiger partial charge is 0.253 e. The highest BCUT2D eigenvalue weighted by molar-refractivity contribution is 5.83. The number of benzene rings is 2. The highest BCUT2D eigenvalue weighted by Crippen LogP contribution is 2.37. The number of hydrogen-bond donors (Lipinski definition) is 1. The molecule has 2 heterocycles. The molecule has 28 heavy (non-hydrogen) atoms. The average Bonchev–Trinajstić information content (AvgIpc) is 3.07. The van der Waals surface area contributed by atoms with Gasteiger partial charge in [0.15, 0.2) is 0 Å². The number of nitrogens with one attached hydrogen (secondary N) is 1. The van der Waals surface area contributed by atoms with Crippen LogP contribution in [0, 0.1) is 17.6 Å². The molecule has 0 spiro atoms. The van der Waals surface area contributed by atoms with Crippen molar-refractivity contribution in [3.63, 3.8) is 0 Å². The lowest BCUT2D eigenvalue weighted by Gasteiger charge is -2.38. The summed E-state index contributed by atoms with van der Waals surface area (Å²) in [5, 5.41) is 0.516. The molecule has 1 unspecified atom stereocenters. The zero-order chi connectivity index (χ0) is 19.7. The van der Waals surface area contributed by atoms with Crippen LogP contribution in [-0.2, 0) is 13.0 Å². The van der Waals surface area contributed by atoms with Crippen molar-refractivity contribution in [2.75, 3.05) is 13.1 Å². The normalized spacial score (nSPS) is 19.9. The van der Waals surface area contributed by atoms with Crippen molar-refractivity contribution in [2.24, 2.45) is 5.92 Å². The van der Waals surface area contributed by atoms with E-state index in [1.54, 1.807) is 36.5 Å². The van der Waals surface area contributed by atoms with Crippen molar-refractivity contribution >= 4 is 10.9 Å². The van der Waals surface area contributed by atoms with Gasteiger partial charge in [-0.2, -0.15) is 0 Å². The van der Waals surface area contributed by atoms with Gasteiger partial charge in [0.1, 0.15) is 11.6 Å². The van der Waals surface area contributed by atoms with Crippen molar-refractivity contribution in [3.05, 3.63) is 71.4 Å². The Morgan fingerprint density at radius 2 is 1.79 bits per heavy atom. The van der Waals surface area contributed by atoms with Crippen LogP contribution in [0.15, 0.2) is 48.7 Å². The molecule has 0 amide bonds. The number of halogens is 4. The van der Waals surface area contributed by atoms with E-state index in [9.17, 15) is 17.6 Å². The van der Waals surface area contributed by atoms with Gasteiger partial charge in [0, 0.05) is 49.1 Å². The zero-order valence-corrected chi connectivity index (χ0v) is 15.4. The Kier molecular flexibility index (Phi) is 5.15. The van der Waals surface area contributed by atoms with E-state index in [0.717, 1.165) is 5.56 Å². The predicted molar refractivity (Wildman–Crippen MR) is 101 cm³/mol. The number of hydrogen-bond acceptors (Lipinski definition) is 1. The molecule has 6 heteroatoms. The van der Waals surface area contributed by atoms with E-state index in [1.807, 2.05) is 4.90 Å². The summed E-state index contributed by atoms with van der Waals surface area (Å²) in [5.41, 5.74) is 1.94. The molecule has 0 aliphatic carbocycles. The largest absolute Gasteiger partial charge is 0.361 e. The summed E-state index contributed by atoms with van der Waals surface area (Å²) in [6.45, 7) is 0.875. The molecule has 4 rings (SSSR count). The summed E-state index contributed by atoms with van der Waals surface area (Å²) in [4.78, 5) is 4.99. The first-order chi connectivity index (χ1) is 13.4. The van der Waals surface area contributed by atoms with E-state index in [4.69, 9.17) is 0 Å². The summed E-state index contributed by atoms with van der Waals surface area (Å²) >= 11 is 0. The van der Waals surface area contributed by atoms with E-state index in [0.29, 0.717) is 23.0 Å². The lowest BCUT2D eigenvalue weighted by molar-refractivity contribution is -0.109. The predicted octanol–water partition coefficient (Wildman–Crippen LogP) is 5.54. The number of fused-ring (bicyclic) bond motifs is 1. The second-order valence-corrected chi connectivity index (χ2v) is 7.55. The van der Waals surface area contributed by atoms with Crippen LogP contribution in [0.25, 0.3) is 10.9 Å². The third-order valence-corrected chi connectivity index (χ3v) is 5.69. The van der Waals surface area contributed by atoms with Crippen LogP contribution in [0.3, 0.4) is 0 Å². The van der Waals surface area contributed by atoms with E-state index >= 15 is 0 Å². The first-order valence-corrected chi connectivity index (χ1v) is 9.52. The van der Waals surface area contributed by atoms with Gasteiger partial charge >= 0.3 is 0 Å². The Morgan fingerprint density at radius 1 is 1.00 bits per heavy atom. The number of piperidine rings is 1. The summed E-state index contributed by atoms with van der Waals surface area (Å²) in [5.74, 6) is -4.29. The Bertz CT molecular complexity index is 966. The number of aryl methyl sites for hydroxylation is 1. The van der Waals surface area contributed by atoms with Gasteiger partial charge in [-0.25, -0.2) is 17.6 Å². The van der Waals surface area contributed by atoms with Crippen LogP contribution in [0.2, 0.25) is 0 Å². The summed E-state index contributed by atoms with van der Waals surface area (Å²) < 4.78 is 56.9. The monoisotopic (exact) mass is 390 g/mol. The maximum absolute atomic E-state index is 14.5. The highest BCUT2D eigenvalue weighted by atomic mass is 19.3. The first-order valence-electron chi connectivity index (χ1n) is 9.52. The minimum Gasteiger partial charge on any atom is -0.361 e. The van der Waals surface area contributed by atoms with Crippen molar-refractivity contribution in [2.45, 2.75) is 31.7 Å². The van der Waals surface area contributed by atoms with Gasteiger partial charge in [-0.15, -0.1) is 0 Å². The minimum absolute atomic E-state index is 0.211. The molecule has 0 saturated carbocycles. The van der Waals surface area contributed by atoms with Crippen LogP contribution >= 0.6 is 0 Å². The molecular weight excluding hydrogens is 368 g/mol. The van der Waals surface area contributed by atoms with E-state index in [-0.39, 0.29) is 44.0 Å². The highest BCUT2D eigenvalue weighted by Gasteiger charge is 2.43. The molecule has 0 radical (unpaired) electrons. The second kappa shape index (κ2) is 7.59. The molecule has 1 fully saturated rings. The van der Waals surface area contributed by atoms with Crippen LogP contribution in [0.1, 0.15) is 24.0 Å². The van der Waals surface area contributed by atoms with Crippen LogP contribution in [0.4, 0.5) is 17.6 Å². The van der Waals surface area contributed by atoms with Gasteiger partial charge in [-0.3, -0.25) is 4.90 Å². The summed E-state index contributed by atoms with van der Waals surface area (Å²) in [6, 6.07) is 11.1. The molecule has 1 N–H and O–H groups in total. The second-order valence-electron chi connectivity index (χ2n) is 7.55. The third-order valence-electron chi connectivity index (χ3n) is 5.69. The van der Waals surface area contributed by atoms with Crippen molar-refractivity contribution in [1.29, 1.82) is 0 Å². The van der Waals surface area contributed by atoms with Gasteiger partial charge in [0.25, 0.3) is 5.92 Å². The van der Waals surface area contributed by atoms with Crippen LogP contribution < -0.4 is 0 Å². The van der Waals surface area contributed by atoms with Crippen molar-refractivity contribution in [1.82, 2.24) is 9.88 Å². The number of aromatic amines is 1. The van der Waals surface area contributed by atoms with Crippen LogP contribution in [-0.4, -0.2) is 28.9 Å². The number of alkyl halides is 2. The lowest BCUT2D eigenvalue weighted by atomic mass is 9.88. The Balaban J connectivity index is 1.47. The maximum atomic E-state index is 14.5. The van der Waals surface area contributed by atoms with Gasteiger partial charge in [-0.05, 0) is 42.2 Å². The molecule has 2 aromatic carbocycles. The number of likely N-dealkylation sites (tertiary alicyclic amines) is 1. The van der Waals surface area contributed by atoms with E-state index in [2.05, 4.69) is 4.98 Å². The summed E-state index contributed by atoms with van der Waals surface area (Å²) in [6.07, 6.45) is 2.00. The fourth-order valence-corrected chi connectivity index (χ4v) is 4.10. The molecule has 1 aliphatic heterocycles. The molecule has 1 aliphatic rings. The number of H-pyrrole nitrogens is 1. The van der Waals surface area contributed by atoms with E-state index < -0.39 is 11.8 Å². The average molecular weight is 390 g/mol. The number of aromatic nitrogens is 1. The number of rotatable bonds is 5. The topological polar surface area (TPSA) is 19.0 Å². The molecule has 148 valence electrons. The quantitative estimate of drug-likeness (QED) is 0.567. The standard InChI is InChI=1S/C22H22F4N2/c23-18-5-2-1-4-15(18)8-9-17-14-28(11-10-22(17,25)26)13-16-12-27-20-7-3-6-19(24)21(16)20/h1-7,12,17,27H,8-11,13-14H2. The molecule has 2 nitrogen and oxygen atoms in total. The Morgan fingerprint density at radius 3 is 2.61 bits per heavy atom. The van der Waals surface area contributed by atoms with E-state index in [1.165, 1.54) is 12.1 Å². The zero-order valence-electron chi connectivity index (χ0n) is 15.4. The first kappa shape index (κ1) is 19.0. The summed E-state index contributed by atoms with van der Waals surface area (Å²) in [7, 11) is 0. The minimum atomic E-state index is -2.77. The fraction of sp³-hybridized carbons (Fsp3) is 0.364. The van der Waals surface area contributed by atoms with Gasteiger partial charge in [0.05, 0.1) is 0 Å². The van der Waals surface area contributed by atoms with Crippen LogP contribution in [0.5, 0.6) is 0 Å². The van der Waals surface area contributed by atoms with Gasteiger partial charge < -0.3 is 4.98 Å². The molecule has 1 saturated heterocycles. The Labute approximate surface area is 161 Å². The molecule has 1 aromatic heterocycles. The van der Waals surface area contributed by atoms with Gasteiger partial charge in [-0.1, -0.05) is 24.3 Å². The maximum Gasteiger partial charge on any atom is 0.253 e. The van der Waals surface area contributed by atoms with Crippen molar-refractivity contribution in [3.8, 4) is 0 Å². The third kappa shape index (κ3) is 3.78. The molecule has 0 bridgehead atoms. The van der Waals surface area contributed by atoms with Gasteiger partial charge in [0.2, 0.25) is 0 Å². The SMILES string of the molecule is Fc1ccccc1CCC1CN(Cc2c[nH]c3cccc(F)c23)CCC1(F)F. The van der Waals surface area contributed by atoms with Crippen molar-refractivity contribution < 1.29 is 17.6 Å². The lowest BCUT2D eigenvalue weighted by Crippen LogP contribution is -2.46. The number of nitrogens with zero attached hydrogens (tertiary/aromatic N) is 1. The fourth-order valence-electron chi connectivity index (χ4n) is 4.10. The molecular formula is C22H22F4N2. The molecule has 3 aromatic rings. The molecule has 1 atom stereocenters. The Hall–Kier alpha value is -2.34.